The molecule has 2 saturated heterocycles. The molecule has 128 valence electrons. The summed E-state index contributed by atoms with van der Waals surface area (Å²) in [6.45, 7) is 3.56. The first kappa shape index (κ1) is 17.0. The fourth-order valence-electron chi connectivity index (χ4n) is 3.68. The topological polar surface area (TPSA) is 50.2 Å². The standard InChI is InChI=1S/C18H22N4O.ClH/c1-13-17(12-22(20-13)16-5-3-2-4-6-16)18(23)21-10-9-14-7-8-15(11-21)19-14;/h2-6,12,14-15,19H,7-11H2,1H3;1H. The molecule has 6 heteroatoms. The Bertz CT molecular complexity index is 715. The average Bonchev–Trinajstić information content (AvgIpc) is 3.10. The van der Waals surface area contributed by atoms with Gasteiger partial charge in [-0.3, -0.25) is 4.79 Å². The summed E-state index contributed by atoms with van der Waals surface area (Å²) in [6, 6.07) is 11.0. The summed E-state index contributed by atoms with van der Waals surface area (Å²) in [5.74, 6) is 0.110. The van der Waals surface area contributed by atoms with Gasteiger partial charge in [0.2, 0.25) is 0 Å². The van der Waals surface area contributed by atoms with E-state index in [4.69, 9.17) is 0 Å². The Balaban J connectivity index is 0.00000169. The van der Waals surface area contributed by atoms with E-state index in [1.807, 2.05) is 48.4 Å². The van der Waals surface area contributed by atoms with Gasteiger partial charge in [-0.2, -0.15) is 5.10 Å². The average molecular weight is 347 g/mol. The molecule has 0 saturated carbocycles. The molecule has 1 aromatic heterocycles. The molecule has 0 radical (unpaired) electrons. The van der Waals surface area contributed by atoms with Gasteiger partial charge in [-0.25, -0.2) is 4.68 Å². The van der Waals surface area contributed by atoms with Crippen molar-refractivity contribution in [2.75, 3.05) is 13.1 Å². The molecule has 5 nitrogen and oxygen atoms in total. The summed E-state index contributed by atoms with van der Waals surface area (Å²) in [5.41, 5.74) is 2.49. The van der Waals surface area contributed by atoms with E-state index < -0.39 is 0 Å². The van der Waals surface area contributed by atoms with Crippen LogP contribution >= 0.6 is 12.4 Å². The van der Waals surface area contributed by atoms with E-state index in [0.717, 1.165) is 30.9 Å². The number of carbonyl (C=O) groups excluding carboxylic acids is 1. The molecule has 2 atom stereocenters. The highest BCUT2D eigenvalue weighted by atomic mass is 35.5. The smallest absolute Gasteiger partial charge is 0.257 e. The molecule has 3 heterocycles. The molecule has 2 unspecified atom stereocenters. The predicted octanol–water partition coefficient (Wildman–Crippen LogP) is 2.57. The largest absolute Gasteiger partial charge is 0.337 e. The number of halogens is 1. The van der Waals surface area contributed by atoms with Crippen molar-refractivity contribution in [3.8, 4) is 5.69 Å². The molecule has 2 aliphatic rings. The molecule has 2 fully saturated rings. The maximum absolute atomic E-state index is 12.9. The van der Waals surface area contributed by atoms with Gasteiger partial charge in [-0.15, -0.1) is 12.4 Å². The van der Waals surface area contributed by atoms with Crippen molar-refractivity contribution in [3.05, 3.63) is 47.8 Å². The van der Waals surface area contributed by atoms with Crippen LogP contribution in [-0.4, -0.2) is 45.8 Å². The molecule has 2 aromatic rings. The number of likely N-dealkylation sites (tertiary alicyclic amines) is 1. The summed E-state index contributed by atoms with van der Waals surface area (Å²) < 4.78 is 1.80. The number of nitrogens with one attached hydrogen (secondary N) is 1. The normalized spacial score (nSPS) is 22.8. The number of carbonyl (C=O) groups is 1. The van der Waals surface area contributed by atoms with Gasteiger partial charge in [0.25, 0.3) is 5.91 Å². The summed E-state index contributed by atoms with van der Waals surface area (Å²) in [5, 5.41) is 8.14. The van der Waals surface area contributed by atoms with Crippen molar-refractivity contribution in [1.82, 2.24) is 20.0 Å². The van der Waals surface area contributed by atoms with E-state index in [9.17, 15) is 4.79 Å². The first-order chi connectivity index (χ1) is 11.2. The van der Waals surface area contributed by atoms with Gasteiger partial charge in [0, 0.05) is 31.4 Å². The van der Waals surface area contributed by atoms with Crippen LogP contribution in [0.4, 0.5) is 0 Å². The third kappa shape index (κ3) is 3.19. The maximum atomic E-state index is 12.9. The van der Waals surface area contributed by atoms with Crippen molar-refractivity contribution in [2.24, 2.45) is 0 Å². The van der Waals surface area contributed by atoms with Crippen molar-refractivity contribution >= 4 is 18.3 Å². The monoisotopic (exact) mass is 346 g/mol. The number of para-hydroxylation sites is 1. The molecular formula is C18H23ClN4O. The summed E-state index contributed by atoms with van der Waals surface area (Å²) in [6.07, 6.45) is 5.34. The highest BCUT2D eigenvalue weighted by Gasteiger charge is 2.32. The van der Waals surface area contributed by atoms with E-state index in [0.29, 0.717) is 17.6 Å². The van der Waals surface area contributed by atoms with Crippen molar-refractivity contribution in [3.63, 3.8) is 0 Å². The Morgan fingerprint density at radius 1 is 1.17 bits per heavy atom. The molecule has 0 aliphatic carbocycles. The second-order valence-corrected chi connectivity index (χ2v) is 6.59. The molecule has 1 amide bonds. The van der Waals surface area contributed by atoms with Gasteiger partial charge in [-0.1, -0.05) is 18.2 Å². The second kappa shape index (κ2) is 6.95. The van der Waals surface area contributed by atoms with Crippen LogP contribution in [-0.2, 0) is 0 Å². The van der Waals surface area contributed by atoms with E-state index in [-0.39, 0.29) is 18.3 Å². The molecule has 4 rings (SSSR count). The number of aromatic nitrogens is 2. The molecule has 2 bridgehead atoms. The number of nitrogens with zero attached hydrogens (tertiary/aromatic N) is 3. The Labute approximate surface area is 148 Å². The number of rotatable bonds is 2. The van der Waals surface area contributed by atoms with Crippen LogP contribution in [0.1, 0.15) is 35.3 Å². The minimum Gasteiger partial charge on any atom is -0.337 e. The number of hydrogen-bond donors (Lipinski definition) is 1. The molecule has 1 N–H and O–H groups in total. The van der Waals surface area contributed by atoms with Crippen LogP contribution in [0.15, 0.2) is 36.5 Å². The van der Waals surface area contributed by atoms with Crippen molar-refractivity contribution in [1.29, 1.82) is 0 Å². The minimum absolute atomic E-state index is 0. The van der Waals surface area contributed by atoms with Gasteiger partial charge >= 0.3 is 0 Å². The zero-order chi connectivity index (χ0) is 15.8. The minimum atomic E-state index is 0. The quantitative estimate of drug-likeness (QED) is 0.909. The molecular weight excluding hydrogens is 324 g/mol. The van der Waals surface area contributed by atoms with E-state index in [2.05, 4.69) is 10.4 Å². The van der Waals surface area contributed by atoms with E-state index in [1.54, 1.807) is 4.68 Å². The first-order valence-corrected chi connectivity index (χ1v) is 8.38. The molecule has 2 aliphatic heterocycles. The zero-order valence-corrected chi connectivity index (χ0v) is 14.6. The van der Waals surface area contributed by atoms with Crippen LogP contribution < -0.4 is 5.32 Å². The summed E-state index contributed by atoms with van der Waals surface area (Å²) in [4.78, 5) is 14.9. The molecule has 0 spiro atoms. The van der Waals surface area contributed by atoms with Crippen LogP contribution in [0, 0.1) is 6.92 Å². The van der Waals surface area contributed by atoms with E-state index in [1.165, 1.54) is 12.8 Å². The van der Waals surface area contributed by atoms with Crippen LogP contribution in [0.2, 0.25) is 0 Å². The summed E-state index contributed by atoms with van der Waals surface area (Å²) in [7, 11) is 0. The van der Waals surface area contributed by atoms with Gasteiger partial charge in [0.15, 0.2) is 0 Å². The van der Waals surface area contributed by atoms with Gasteiger partial charge in [0.1, 0.15) is 0 Å². The number of hydrogen-bond acceptors (Lipinski definition) is 3. The maximum Gasteiger partial charge on any atom is 0.257 e. The fourth-order valence-corrected chi connectivity index (χ4v) is 3.68. The fraction of sp³-hybridized carbons (Fsp3) is 0.444. The lowest BCUT2D eigenvalue weighted by Crippen LogP contribution is -2.39. The van der Waals surface area contributed by atoms with E-state index >= 15 is 0 Å². The SMILES string of the molecule is Cc1nn(-c2ccccc2)cc1C(=O)N1CCC2CCC(C1)N2.Cl. The van der Waals surface area contributed by atoms with Crippen LogP contribution in [0.3, 0.4) is 0 Å². The van der Waals surface area contributed by atoms with Gasteiger partial charge in [0.05, 0.1) is 16.9 Å². The first-order valence-electron chi connectivity index (χ1n) is 8.38. The van der Waals surface area contributed by atoms with Gasteiger partial charge in [-0.05, 0) is 38.3 Å². The number of benzene rings is 1. The highest BCUT2D eigenvalue weighted by molar-refractivity contribution is 5.95. The second-order valence-electron chi connectivity index (χ2n) is 6.59. The van der Waals surface area contributed by atoms with Gasteiger partial charge < -0.3 is 10.2 Å². The van der Waals surface area contributed by atoms with Crippen LogP contribution in [0.5, 0.6) is 0 Å². The Morgan fingerprint density at radius 2 is 1.92 bits per heavy atom. The van der Waals surface area contributed by atoms with Crippen LogP contribution in [0.25, 0.3) is 5.69 Å². The Hall–Kier alpha value is -1.85. The lowest BCUT2D eigenvalue weighted by molar-refractivity contribution is 0.0747. The molecule has 1 aromatic carbocycles. The Morgan fingerprint density at radius 3 is 2.71 bits per heavy atom. The predicted molar refractivity (Wildman–Crippen MR) is 96.0 cm³/mol. The van der Waals surface area contributed by atoms with Crippen molar-refractivity contribution in [2.45, 2.75) is 38.3 Å². The Kier molecular flexibility index (Phi) is 4.92. The lowest BCUT2D eigenvalue weighted by Gasteiger charge is -2.24. The number of fused-ring (bicyclic) bond motifs is 2. The lowest BCUT2D eigenvalue weighted by atomic mass is 10.1. The number of aryl methyl sites for hydroxylation is 1. The van der Waals surface area contributed by atoms with Crippen molar-refractivity contribution < 1.29 is 4.79 Å². The number of amides is 1. The summed E-state index contributed by atoms with van der Waals surface area (Å²) >= 11 is 0. The zero-order valence-electron chi connectivity index (χ0n) is 13.8. The highest BCUT2D eigenvalue weighted by Crippen LogP contribution is 2.22. The third-order valence-corrected chi connectivity index (χ3v) is 4.96. The molecule has 24 heavy (non-hydrogen) atoms. The third-order valence-electron chi connectivity index (χ3n) is 4.96.